The number of hydrogen-bond acceptors (Lipinski definition) is 4. The highest BCUT2D eigenvalue weighted by atomic mass is 16.5. The number of rotatable bonds is 8. The summed E-state index contributed by atoms with van der Waals surface area (Å²) < 4.78 is 4.92. The fourth-order valence-corrected chi connectivity index (χ4v) is 2.22. The van der Waals surface area contributed by atoms with Crippen molar-refractivity contribution in [1.82, 2.24) is 5.32 Å². The van der Waals surface area contributed by atoms with Crippen LogP contribution in [0.5, 0.6) is 0 Å². The van der Waals surface area contributed by atoms with E-state index >= 15 is 0 Å². The van der Waals surface area contributed by atoms with Crippen molar-refractivity contribution in [2.24, 2.45) is 0 Å². The smallest absolute Gasteiger partial charge is 0.323 e. The predicted molar refractivity (Wildman–Crippen MR) is 104 cm³/mol. The van der Waals surface area contributed by atoms with Gasteiger partial charge in [-0.25, -0.2) is 4.79 Å². The maximum atomic E-state index is 12.1. The van der Waals surface area contributed by atoms with Gasteiger partial charge < -0.3 is 26.0 Å². The number of methoxy groups -OCH3 is 1. The molecular weight excluding hydrogens is 332 g/mol. The van der Waals surface area contributed by atoms with E-state index in [4.69, 9.17) is 4.74 Å². The summed E-state index contributed by atoms with van der Waals surface area (Å²) >= 11 is 0. The van der Waals surface area contributed by atoms with Crippen LogP contribution in [0, 0.1) is 6.92 Å². The molecule has 2 aromatic rings. The Bertz CT molecular complexity index is 735. The highest BCUT2D eigenvalue weighted by molar-refractivity contribution is 6.00. The Morgan fingerprint density at radius 1 is 0.962 bits per heavy atom. The minimum Gasteiger partial charge on any atom is -0.383 e. The van der Waals surface area contributed by atoms with E-state index in [1.165, 1.54) is 0 Å². The second-order valence-corrected chi connectivity index (χ2v) is 5.69. The van der Waals surface area contributed by atoms with Gasteiger partial charge in [0.25, 0.3) is 0 Å². The summed E-state index contributed by atoms with van der Waals surface area (Å²) in [6.07, 6.45) is 0. The Labute approximate surface area is 153 Å². The Kier molecular flexibility index (Phi) is 7.60. The molecule has 0 aliphatic heterocycles. The summed E-state index contributed by atoms with van der Waals surface area (Å²) in [7, 11) is 1.61. The molecule has 7 nitrogen and oxygen atoms in total. The van der Waals surface area contributed by atoms with Gasteiger partial charge in [-0.3, -0.25) is 4.79 Å². The summed E-state index contributed by atoms with van der Waals surface area (Å²) in [5.41, 5.74) is 2.85. The van der Waals surface area contributed by atoms with Gasteiger partial charge in [-0.2, -0.15) is 0 Å². The van der Waals surface area contributed by atoms with Crippen LogP contribution in [-0.4, -0.2) is 38.7 Å². The third kappa shape index (κ3) is 6.54. The van der Waals surface area contributed by atoms with Crippen molar-refractivity contribution in [3.05, 3.63) is 54.1 Å². The Balaban J connectivity index is 1.91. The number of amides is 3. The molecule has 0 atom stereocenters. The lowest BCUT2D eigenvalue weighted by atomic mass is 10.1. The molecular formula is C19H24N4O3. The van der Waals surface area contributed by atoms with Crippen LogP contribution >= 0.6 is 0 Å². The predicted octanol–water partition coefficient (Wildman–Crippen LogP) is 2.81. The van der Waals surface area contributed by atoms with Gasteiger partial charge in [0.05, 0.1) is 13.2 Å². The second-order valence-electron chi connectivity index (χ2n) is 5.69. The first-order valence-corrected chi connectivity index (χ1v) is 8.31. The number of anilines is 3. The normalized spacial score (nSPS) is 10.2. The standard InChI is InChI=1S/C19H24N4O3/c1-14-8-9-16(22-19(25)21-15-6-4-3-5-7-15)12-17(14)23-18(24)13-20-10-11-26-2/h3-9,12,20H,10-11,13H2,1-2H3,(H,23,24)(H2,21,22,25). The van der Waals surface area contributed by atoms with Gasteiger partial charge in [0, 0.05) is 30.7 Å². The number of hydrogen-bond donors (Lipinski definition) is 4. The molecule has 0 unspecified atom stereocenters. The maximum Gasteiger partial charge on any atom is 0.323 e. The lowest BCUT2D eigenvalue weighted by Crippen LogP contribution is -2.30. The minimum absolute atomic E-state index is 0.157. The van der Waals surface area contributed by atoms with Crippen molar-refractivity contribution in [3.63, 3.8) is 0 Å². The van der Waals surface area contributed by atoms with Gasteiger partial charge in [0.2, 0.25) is 5.91 Å². The second kappa shape index (κ2) is 10.2. The molecule has 0 radical (unpaired) electrons. The Morgan fingerprint density at radius 3 is 2.42 bits per heavy atom. The summed E-state index contributed by atoms with van der Waals surface area (Å²) in [5.74, 6) is -0.157. The molecule has 0 heterocycles. The topological polar surface area (TPSA) is 91.5 Å². The van der Waals surface area contributed by atoms with Crippen molar-refractivity contribution >= 4 is 29.0 Å². The molecule has 138 valence electrons. The number of carbonyl (C=O) groups excluding carboxylic acids is 2. The lowest BCUT2D eigenvalue weighted by molar-refractivity contribution is -0.115. The molecule has 2 aromatic carbocycles. The van der Waals surface area contributed by atoms with Gasteiger partial charge in [0.1, 0.15) is 0 Å². The number of benzene rings is 2. The summed E-state index contributed by atoms with van der Waals surface area (Å²) in [4.78, 5) is 24.1. The third-order valence-electron chi connectivity index (χ3n) is 3.57. The lowest BCUT2D eigenvalue weighted by Gasteiger charge is -2.12. The van der Waals surface area contributed by atoms with Crippen LogP contribution in [-0.2, 0) is 9.53 Å². The highest BCUT2D eigenvalue weighted by Crippen LogP contribution is 2.20. The Morgan fingerprint density at radius 2 is 1.69 bits per heavy atom. The molecule has 0 aromatic heterocycles. The van der Waals surface area contributed by atoms with E-state index in [9.17, 15) is 9.59 Å². The van der Waals surface area contributed by atoms with Crippen molar-refractivity contribution in [2.45, 2.75) is 6.92 Å². The monoisotopic (exact) mass is 356 g/mol. The van der Waals surface area contributed by atoms with Crippen LogP contribution in [0.15, 0.2) is 48.5 Å². The molecule has 0 saturated carbocycles. The van der Waals surface area contributed by atoms with Crippen molar-refractivity contribution in [1.29, 1.82) is 0 Å². The molecule has 2 rings (SSSR count). The van der Waals surface area contributed by atoms with Crippen molar-refractivity contribution in [3.8, 4) is 0 Å². The van der Waals surface area contributed by atoms with E-state index < -0.39 is 0 Å². The van der Waals surface area contributed by atoms with E-state index in [0.717, 1.165) is 5.56 Å². The van der Waals surface area contributed by atoms with Crippen LogP contribution in [0.1, 0.15) is 5.56 Å². The van der Waals surface area contributed by atoms with E-state index in [-0.39, 0.29) is 18.5 Å². The van der Waals surface area contributed by atoms with E-state index in [2.05, 4.69) is 21.3 Å². The number of aryl methyl sites for hydroxylation is 1. The van der Waals surface area contributed by atoms with Crippen molar-refractivity contribution < 1.29 is 14.3 Å². The van der Waals surface area contributed by atoms with Crippen LogP contribution < -0.4 is 21.3 Å². The van der Waals surface area contributed by atoms with Crippen molar-refractivity contribution in [2.75, 3.05) is 42.8 Å². The van der Waals surface area contributed by atoms with Crippen LogP contribution in [0.25, 0.3) is 0 Å². The van der Waals surface area contributed by atoms with Crippen LogP contribution in [0.2, 0.25) is 0 Å². The fraction of sp³-hybridized carbons (Fsp3) is 0.263. The first-order valence-electron chi connectivity index (χ1n) is 8.31. The first kappa shape index (κ1) is 19.4. The van der Waals surface area contributed by atoms with E-state index in [0.29, 0.717) is 30.2 Å². The van der Waals surface area contributed by atoms with Gasteiger partial charge in [0.15, 0.2) is 0 Å². The summed E-state index contributed by atoms with van der Waals surface area (Å²) in [6.45, 7) is 3.23. The summed E-state index contributed by atoms with van der Waals surface area (Å²) in [5, 5.41) is 11.3. The summed E-state index contributed by atoms with van der Waals surface area (Å²) in [6, 6.07) is 14.2. The van der Waals surface area contributed by atoms with E-state index in [1.54, 1.807) is 31.4 Å². The van der Waals surface area contributed by atoms with Gasteiger partial charge in [-0.1, -0.05) is 24.3 Å². The molecule has 26 heavy (non-hydrogen) atoms. The number of urea groups is 1. The number of ether oxygens (including phenoxy) is 1. The zero-order valence-electron chi connectivity index (χ0n) is 15.0. The molecule has 0 aliphatic carbocycles. The van der Waals surface area contributed by atoms with Crippen LogP contribution in [0.3, 0.4) is 0 Å². The number of nitrogens with one attached hydrogen (secondary N) is 4. The largest absolute Gasteiger partial charge is 0.383 e. The first-order chi connectivity index (χ1) is 12.6. The molecule has 0 aliphatic rings. The average molecular weight is 356 g/mol. The van der Waals surface area contributed by atoms with Gasteiger partial charge in [-0.15, -0.1) is 0 Å². The molecule has 4 N–H and O–H groups in total. The Hall–Kier alpha value is -2.90. The number of para-hydroxylation sites is 1. The molecule has 7 heteroatoms. The minimum atomic E-state index is -0.349. The maximum absolute atomic E-state index is 12.1. The SMILES string of the molecule is COCCNCC(=O)Nc1cc(NC(=O)Nc2ccccc2)ccc1C. The molecule has 0 bridgehead atoms. The molecule has 0 saturated heterocycles. The quantitative estimate of drug-likeness (QED) is 0.547. The molecule has 0 fully saturated rings. The molecule has 3 amide bonds. The van der Waals surface area contributed by atoms with E-state index in [1.807, 2.05) is 31.2 Å². The van der Waals surface area contributed by atoms with Crippen LogP contribution in [0.4, 0.5) is 21.9 Å². The third-order valence-corrected chi connectivity index (χ3v) is 3.57. The average Bonchev–Trinajstić information content (AvgIpc) is 2.62. The highest BCUT2D eigenvalue weighted by Gasteiger charge is 2.08. The zero-order chi connectivity index (χ0) is 18.8. The molecule has 0 spiro atoms. The number of carbonyl (C=O) groups is 2. The zero-order valence-corrected chi connectivity index (χ0v) is 15.0. The van der Waals surface area contributed by atoms with Gasteiger partial charge >= 0.3 is 6.03 Å². The van der Waals surface area contributed by atoms with Gasteiger partial charge in [-0.05, 0) is 36.8 Å². The fourth-order valence-electron chi connectivity index (χ4n) is 2.22.